The molecule has 2 heteroatoms. The van der Waals surface area contributed by atoms with Gasteiger partial charge in [-0.3, -0.25) is 4.79 Å². The van der Waals surface area contributed by atoms with Crippen molar-refractivity contribution < 1.29 is 4.79 Å². The molecule has 0 spiro atoms. The first kappa shape index (κ1) is 14.6. The van der Waals surface area contributed by atoms with Crippen molar-refractivity contribution in [2.45, 2.75) is 59.3 Å². The maximum absolute atomic E-state index is 11.6. The molecular weight excluding hydrogens is 186 g/mol. The lowest BCUT2D eigenvalue weighted by Crippen LogP contribution is -2.18. The Morgan fingerprint density at radius 2 is 2.00 bits per heavy atom. The van der Waals surface area contributed by atoms with Crippen molar-refractivity contribution in [1.29, 1.82) is 0 Å². The van der Waals surface area contributed by atoms with Crippen molar-refractivity contribution in [3.05, 3.63) is 0 Å². The van der Waals surface area contributed by atoms with Gasteiger partial charge >= 0.3 is 0 Å². The second-order valence-corrected chi connectivity index (χ2v) is 4.26. The molecule has 0 saturated heterocycles. The number of carbonyl (C=O) groups is 1. The van der Waals surface area contributed by atoms with E-state index in [4.69, 9.17) is 0 Å². The number of rotatable bonds is 10. The monoisotopic (exact) mass is 213 g/mol. The number of Topliss-reactive ketones (excluding diaryl/α,β-unsaturated/α-hetero) is 1. The van der Waals surface area contributed by atoms with Crippen LogP contribution in [0.2, 0.25) is 0 Å². The highest BCUT2D eigenvalue weighted by molar-refractivity contribution is 5.78. The normalized spacial score (nSPS) is 12.7. The van der Waals surface area contributed by atoms with E-state index in [-0.39, 0.29) is 0 Å². The van der Waals surface area contributed by atoms with Gasteiger partial charge in [0.15, 0.2) is 0 Å². The Morgan fingerprint density at radius 1 is 1.27 bits per heavy atom. The van der Waals surface area contributed by atoms with Gasteiger partial charge in [0.25, 0.3) is 0 Å². The summed E-state index contributed by atoms with van der Waals surface area (Å²) >= 11 is 0. The second kappa shape index (κ2) is 10.2. The molecule has 0 aliphatic heterocycles. The molecule has 1 unspecified atom stereocenters. The Balaban J connectivity index is 3.60. The van der Waals surface area contributed by atoms with Gasteiger partial charge in [0, 0.05) is 19.4 Å². The number of ketones is 1. The zero-order chi connectivity index (χ0) is 11.5. The molecule has 90 valence electrons. The third-order valence-electron chi connectivity index (χ3n) is 2.89. The van der Waals surface area contributed by atoms with Crippen LogP contribution < -0.4 is 5.32 Å². The number of hydrogen-bond donors (Lipinski definition) is 1. The molecule has 0 radical (unpaired) electrons. The van der Waals surface area contributed by atoms with Crippen LogP contribution in [0.5, 0.6) is 0 Å². The molecule has 15 heavy (non-hydrogen) atoms. The topological polar surface area (TPSA) is 29.1 Å². The Kier molecular flexibility index (Phi) is 9.91. The van der Waals surface area contributed by atoms with Crippen molar-refractivity contribution in [3.8, 4) is 0 Å². The third-order valence-corrected chi connectivity index (χ3v) is 2.89. The van der Waals surface area contributed by atoms with Crippen LogP contribution in [0, 0.1) is 5.92 Å². The summed E-state index contributed by atoms with van der Waals surface area (Å²) in [6.07, 6.45) is 6.37. The fourth-order valence-electron chi connectivity index (χ4n) is 1.77. The predicted molar refractivity (Wildman–Crippen MR) is 66.1 cm³/mol. The van der Waals surface area contributed by atoms with Crippen LogP contribution in [-0.4, -0.2) is 18.9 Å². The average molecular weight is 213 g/mol. The van der Waals surface area contributed by atoms with Crippen molar-refractivity contribution >= 4 is 5.78 Å². The molecule has 1 atom stereocenters. The lowest BCUT2D eigenvalue weighted by molar-refractivity contribution is -0.120. The summed E-state index contributed by atoms with van der Waals surface area (Å²) in [6.45, 7) is 8.28. The fourth-order valence-corrected chi connectivity index (χ4v) is 1.77. The Bertz CT molecular complexity index is 157. The van der Waals surface area contributed by atoms with E-state index in [1.165, 1.54) is 19.3 Å². The van der Waals surface area contributed by atoms with E-state index in [0.717, 1.165) is 25.9 Å². The first-order valence-electron chi connectivity index (χ1n) is 6.46. The summed E-state index contributed by atoms with van der Waals surface area (Å²) in [4.78, 5) is 11.6. The SMILES string of the molecule is CCCCC(CC)CC(=O)CCNCC. The molecule has 0 aliphatic carbocycles. The fraction of sp³-hybridized carbons (Fsp3) is 0.923. The second-order valence-electron chi connectivity index (χ2n) is 4.26. The number of unbranched alkanes of at least 4 members (excludes halogenated alkanes) is 1. The minimum atomic E-state index is 0.430. The van der Waals surface area contributed by atoms with E-state index in [2.05, 4.69) is 26.1 Å². The summed E-state index contributed by atoms with van der Waals surface area (Å²) in [5.41, 5.74) is 0. The van der Waals surface area contributed by atoms with Crippen molar-refractivity contribution in [2.75, 3.05) is 13.1 Å². The quantitative estimate of drug-likeness (QED) is 0.565. The minimum Gasteiger partial charge on any atom is -0.317 e. The summed E-state index contributed by atoms with van der Waals surface area (Å²) in [5.74, 6) is 1.05. The molecule has 0 rings (SSSR count). The maximum Gasteiger partial charge on any atom is 0.134 e. The molecule has 0 aromatic rings. The highest BCUT2D eigenvalue weighted by atomic mass is 16.1. The molecule has 0 aliphatic rings. The van der Waals surface area contributed by atoms with Crippen LogP contribution in [0.15, 0.2) is 0 Å². The number of carbonyl (C=O) groups excluding carboxylic acids is 1. The van der Waals surface area contributed by atoms with Gasteiger partial charge < -0.3 is 5.32 Å². The lowest BCUT2D eigenvalue weighted by atomic mass is 9.93. The van der Waals surface area contributed by atoms with Gasteiger partial charge in [-0.15, -0.1) is 0 Å². The Hall–Kier alpha value is -0.370. The summed E-state index contributed by atoms with van der Waals surface area (Å²) in [7, 11) is 0. The predicted octanol–water partition coefficient (Wildman–Crippen LogP) is 3.16. The van der Waals surface area contributed by atoms with Gasteiger partial charge in [0.1, 0.15) is 5.78 Å². The molecular formula is C13H27NO. The first-order chi connectivity index (χ1) is 7.24. The van der Waals surface area contributed by atoms with Gasteiger partial charge in [-0.2, -0.15) is 0 Å². The molecule has 1 N–H and O–H groups in total. The van der Waals surface area contributed by atoms with E-state index in [1.54, 1.807) is 0 Å². The van der Waals surface area contributed by atoms with Crippen LogP contribution >= 0.6 is 0 Å². The summed E-state index contributed by atoms with van der Waals surface area (Å²) in [6, 6.07) is 0. The maximum atomic E-state index is 11.6. The minimum absolute atomic E-state index is 0.430. The zero-order valence-electron chi connectivity index (χ0n) is 10.6. The van der Waals surface area contributed by atoms with E-state index in [9.17, 15) is 4.79 Å². The smallest absolute Gasteiger partial charge is 0.134 e. The summed E-state index contributed by atoms with van der Waals surface area (Å²) < 4.78 is 0. The van der Waals surface area contributed by atoms with Crippen LogP contribution in [0.1, 0.15) is 59.3 Å². The van der Waals surface area contributed by atoms with Crippen molar-refractivity contribution in [3.63, 3.8) is 0 Å². The molecule has 0 saturated carbocycles. The standard InChI is InChI=1S/C13H27NO/c1-4-7-8-12(5-2)11-13(15)9-10-14-6-3/h12,14H,4-11H2,1-3H3. The van der Waals surface area contributed by atoms with Gasteiger partial charge in [-0.25, -0.2) is 0 Å². The van der Waals surface area contributed by atoms with Gasteiger partial charge in [-0.05, 0) is 12.5 Å². The molecule has 0 heterocycles. The summed E-state index contributed by atoms with van der Waals surface area (Å²) in [5, 5.41) is 3.19. The van der Waals surface area contributed by atoms with E-state index >= 15 is 0 Å². The molecule has 0 fully saturated rings. The molecule has 0 amide bonds. The highest BCUT2D eigenvalue weighted by Crippen LogP contribution is 2.17. The molecule has 0 bridgehead atoms. The number of hydrogen-bond acceptors (Lipinski definition) is 2. The van der Waals surface area contributed by atoms with Crippen LogP contribution in [-0.2, 0) is 4.79 Å². The molecule has 0 aromatic heterocycles. The van der Waals surface area contributed by atoms with Gasteiger partial charge in [-0.1, -0.05) is 46.5 Å². The molecule has 0 aromatic carbocycles. The van der Waals surface area contributed by atoms with Crippen LogP contribution in [0.4, 0.5) is 0 Å². The van der Waals surface area contributed by atoms with Gasteiger partial charge in [0.05, 0.1) is 0 Å². The van der Waals surface area contributed by atoms with Crippen molar-refractivity contribution in [2.24, 2.45) is 5.92 Å². The number of nitrogens with one attached hydrogen (secondary N) is 1. The molecule has 2 nitrogen and oxygen atoms in total. The van der Waals surface area contributed by atoms with E-state index in [0.29, 0.717) is 18.1 Å². The lowest BCUT2D eigenvalue weighted by Gasteiger charge is -2.13. The third kappa shape index (κ3) is 8.61. The van der Waals surface area contributed by atoms with Crippen LogP contribution in [0.25, 0.3) is 0 Å². The van der Waals surface area contributed by atoms with Crippen LogP contribution in [0.3, 0.4) is 0 Å². The Labute approximate surface area is 94.8 Å². The van der Waals surface area contributed by atoms with Crippen molar-refractivity contribution in [1.82, 2.24) is 5.32 Å². The van der Waals surface area contributed by atoms with Gasteiger partial charge in [0.2, 0.25) is 0 Å². The first-order valence-corrected chi connectivity index (χ1v) is 6.46. The Morgan fingerprint density at radius 3 is 2.53 bits per heavy atom. The highest BCUT2D eigenvalue weighted by Gasteiger charge is 2.10. The van der Waals surface area contributed by atoms with E-state index in [1.807, 2.05) is 0 Å². The largest absolute Gasteiger partial charge is 0.317 e. The average Bonchev–Trinajstić information content (AvgIpc) is 2.24. The zero-order valence-corrected chi connectivity index (χ0v) is 10.6. The van der Waals surface area contributed by atoms with E-state index < -0.39 is 0 Å².